The normalized spacial score (nSPS) is 18.7. The molecule has 4 heterocycles. The van der Waals surface area contributed by atoms with Crippen LogP contribution in [0.1, 0.15) is 41.0 Å². The number of likely N-dealkylation sites (tertiary alicyclic amines) is 1. The van der Waals surface area contributed by atoms with Gasteiger partial charge in [0.2, 0.25) is 0 Å². The first-order valence-electron chi connectivity index (χ1n) is 11.2. The van der Waals surface area contributed by atoms with Crippen molar-refractivity contribution < 1.29 is 18.0 Å². The summed E-state index contributed by atoms with van der Waals surface area (Å²) in [5, 5.41) is 2.92. The highest BCUT2D eigenvalue weighted by Crippen LogP contribution is 2.55. The highest BCUT2D eigenvalue weighted by Gasteiger charge is 2.53. The minimum atomic E-state index is -4.52. The van der Waals surface area contributed by atoms with Gasteiger partial charge in [-0.3, -0.25) is 4.79 Å². The Morgan fingerprint density at radius 3 is 2.63 bits per heavy atom. The number of rotatable bonds is 5. The molecule has 0 radical (unpaired) electrons. The smallest absolute Gasteiger partial charge is 0.367 e. The summed E-state index contributed by atoms with van der Waals surface area (Å²) in [6, 6.07) is 5.96. The minimum Gasteiger partial charge on any atom is -0.367 e. The number of nitrogens with zero attached hydrogens (tertiary/aromatic N) is 5. The highest BCUT2D eigenvalue weighted by molar-refractivity contribution is 6.33. The molecule has 35 heavy (non-hydrogen) atoms. The standard InChI is InChI=1S/C24H22ClF3N6O/c1-14-3-4-17(20-29-7-2-8-30-20)19(33-14)22(35)34-13-23(5-6-23)10-16(34)12-32-21-18(25)9-15(11-31-21)24(26,27)28/h2-4,7-9,11,16H,5-6,10,12-13H2,1H3,(H,31,32). The molecule has 0 aromatic carbocycles. The summed E-state index contributed by atoms with van der Waals surface area (Å²) >= 11 is 6.06. The summed E-state index contributed by atoms with van der Waals surface area (Å²) in [6.45, 7) is 2.71. The van der Waals surface area contributed by atoms with Crippen LogP contribution in [0.25, 0.3) is 11.4 Å². The lowest BCUT2D eigenvalue weighted by Crippen LogP contribution is -2.40. The molecule has 3 aromatic rings. The van der Waals surface area contributed by atoms with Crippen molar-refractivity contribution in [3.63, 3.8) is 0 Å². The van der Waals surface area contributed by atoms with E-state index in [0.717, 1.165) is 31.5 Å². The number of nitrogens with one attached hydrogen (secondary N) is 1. The fourth-order valence-electron chi connectivity index (χ4n) is 4.54. The Labute approximate surface area is 204 Å². The van der Waals surface area contributed by atoms with Crippen molar-refractivity contribution in [2.45, 2.75) is 38.4 Å². The van der Waals surface area contributed by atoms with Gasteiger partial charge in [0, 0.05) is 43.4 Å². The molecule has 0 bridgehead atoms. The van der Waals surface area contributed by atoms with Gasteiger partial charge in [-0.15, -0.1) is 0 Å². The molecule has 7 nitrogen and oxygen atoms in total. The van der Waals surface area contributed by atoms with Gasteiger partial charge in [0.15, 0.2) is 5.82 Å². The number of carbonyl (C=O) groups is 1. The van der Waals surface area contributed by atoms with E-state index in [1.165, 1.54) is 0 Å². The Morgan fingerprint density at radius 2 is 1.97 bits per heavy atom. The molecule has 1 N–H and O–H groups in total. The zero-order valence-electron chi connectivity index (χ0n) is 18.8. The zero-order valence-corrected chi connectivity index (χ0v) is 19.6. The van der Waals surface area contributed by atoms with E-state index in [0.29, 0.717) is 30.2 Å². The molecule has 1 aliphatic heterocycles. The molecule has 5 rings (SSSR count). The third kappa shape index (κ3) is 4.80. The average molecular weight is 503 g/mol. The van der Waals surface area contributed by atoms with Crippen LogP contribution in [0.3, 0.4) is 0 Å². The van der Waals surface area contributed by atoms with Crippen LogP contribution in [0.5, 0.6) is 0 Å². The molecule has 1 aliphatic carbocycles. The lowest BCUT2D eigenvalue weighted by Gasteiger charge is -2.26. The summed E-state index contributed by atoms with van der Waals surface area (Å²) < 4.78 is 38.8. The number of hydrogen-bond acceptors (Lipinski definition) is 6. The van der Waals surface area contributed by atoms with Gasteiger partial charge < -0.3 is 10.2 Å². The molecule has 2 aliphatic rings. The molecule has 11 heteroatoms. The van der Waals surface area contributed by atoms with E-state index >= 15 is 0 Å². The molecule has 1 atom stereocenters. The van der Waals surface area contributed by atoms with Crippen molar-refractivity contribution in [3.05, 3.63) is 64.8 Å². The number of aromatic nitrogens is 4. The average Bonchev–Trinajstić information content (AvgIpc) is 3.49. The second kappa shape index (κ2) is 8.75. The topological polar surface area (TPSA) is 83.9 Å². The van der Waals surface area contributed by atoms with Crippen molar-refractivity contribution in [2.75, 3.05) is 18.4 Å². The van der Waals surface area contributed by atoms with E-state index in [1.807, 2.05) is 13.0 Å². The quantitative estimate of drug-likeness (QED) is 0.527. The van der Waals surface area contributed by atoms with Gasteiger partial charge in [0.25, 0.3) is 5.91 Å². The fourth-order valence-corrected chi connectivity index (χ4v) is 4.77. The molecule has 1 unspecified atom stereocenters. The number of halogens is 4. The zero-order chi connectivity index (χ0) is 24.8. The predicted molar refractivity (Wildman–Crippen MR) is 124 cm³/mol. The molecule has 182 valence electrons. The largest absolute Gasteiger partial charge is 0.417 e. The van der Waals surface area contributed by atoms with E-state index < -0.39 is 11.7 Å². The summed E-state index contributed by atoms with van der Waals surface area (Å²) in [5.41, 5.74) is 0.696. The van der Waals surface area contributed by atoms with E-state index in [4.69, 9.17) is 11.6 Å². The Balaban J connectivity index is 1.39. The van der Waals surface area contributed by atoms with Crippen LogP contribution >= 0.6 is 11.6 Å². The first-order valence-corrected chi connectivity index (χ1v) is 11.6. The number of anilines is 1. The number of amides is 1. The number of pyridine rings is 2. The number of aryl methyl sites for hydroxylation is 1. The van der Waals surface area contributed by atoms with Crippen molar-refractivity contribution in [2.24, 2.45) is 5.41 Å². The Morgan fingerprint density at radius 1 is 1.23 bits per heavy atom. The minimum absolute atomic E-state index is 0.0760. The van der Waals surface area contributed by atoms with Gasteiger partial charge in [0.05, 0.1) is 16.1 Å². The maximum absolute atomic E-state index is 13.8. The van der Waals surface area contributed by atoms with Crippen LogP contribution in [0.2, 0.25) is 5.02 Å². The van der Waals surface area contributed by atoms with Gasteiger partial charge in [-0.05, 0) is 55.9 Å². The van der Waals surface area contributed by atoms with Gasteiger partial charge in [-0.25, -0.2) is 19.9 Å². The second-order valence-electron chi connectivity index (χ2n) is 9.15. The van der Waals surface area contributed by atoms with Crippen LogP contribution in [0.15, 0.2) is 42.9 Å². The van der Waals surface area contributed by atoms with Crippen LogP contribution in [-0.2, 0) is 6.18 Å². The molecular weight excluding hydrogens is 481 g/mol. The third-order valence-electron chi connectivity index (χ3n) is 6.55. The first-order chi connectivity index (χ1) is 16.7. The molecule has 3 aromatic heterocycles. The number of carbonyl (C=O) groups excluding carboxylic acids is 1. The SMILES string of the molecule is Cc1ccc(-c2ncccn2)c(C(=O)N2CC3(CC3)CC2CNc2ncc(C(F)(F)F)cc2Cl)n1. The van der Waals surface area contributed by atoms with Crippen molar-refractivity contribution in [1.82, 2.24) is 24.8 Å². The van der Waals surface area contributed by atoms with Gasteiger partial charge >= 0.3 is 6.18 Å². The summed E-state index contributed by atoms with van der Waals surface area (Å²) in [7, 11) is 0. The van der Waals surface area contributed by atoms with E-state index in [2.05, 4.69) is 25.3 Å². The predicted octanol–water partition coefficient (Wildman–Crippen LogP) is 5.02. The maximum Gasteiger partial charge on any atom is 0.417 e. The van der Waals surface area contributed by atoms with Crippen LogP contribution in [0, 0.1) is 12.3 Å². The van der Waals surface area contributed by atoms with Crippen LogP contribution in [-0.4, -0.2) is 49.9 Å². The molecule has 1 saturated heterocycles. The van der Waals surface area contributed by atoms with E-state index in [-0.39, 0.29) is 33.9 Å². The third-order valence-corrected chi connectivity index (χ3v) is 6.84. The number of alkyl halides is 3. The van der Waals surface area contributed by atoms with Crippen molar-refractivity contribution in [1.29, 1.82) is 0 Å². The number of hydrogen-bond donors (Lipinski definition) is 1. The molecule has 2 fully saturated rings. The first kappa shape index (κ1) is 23.5. The lowest BCUT2D eigenvalue weighted by molar-refractivity contribution is -0.137. The van der Waals surface area contributed by atoms with Gasteiger partial charge in [-0.1, -0.05) is 11.6 Å². The Hall–Kier alpha value is -3.27. The molecule has 1 spiro atoms. The van der Waals surface area contributed by atoms with Gasteiger partial charge in [-0.2, -0.15) is 13.2 Å². The summed E-state index contributed by atoms with van der Waals surface area (Å²) in [5.74, 6) is 0.341. The lowest BCUT2D eigenvalue weighted by atomic mass is 10.0. The van der Waals surface area contributed by atoms with Gasteiger partial charge in [0.1, 0.15) is 11.5 Å². The Bertz CT molecular complexity index is 1270. The molecular formula is C24H22ClF3N6O. The molecule has 1 saturated carbocycles. The Kier molecular flexibility index (Phi) is 5.86. The summed E-state index contributed by atoms with van der Waals surface area (Å²) in [6.07, 6.45) is 2.29. The second-order valence-corrected chi connectivity index (χ2v) is 9.55. The fraction of sp³-hybridized carbons (Fsp3) is 0.375. The van der Waals surface area contributed by atoms with Crippen molar-refractivity contribution in [3.8, 4) is 11.4 Å². The van der Waals surface area contributed by atoms with Crippen LogP contribution < -0.4 is 5.32 Å². The van der Waals surface area contributed by atoms with E-state index in [9.17, 15) is 18.0 Å². The van der Waals surface area contributed by atoms with E-state index in [1.54, 1.807) is 29.4 Å². The van der Waals surface area contributed by atoms with Crippen LogP contribution in [0.4, 0.5) is 19.0 Å². The monoisotopic (exact) mass is 502 g/mol. The van der Waals surface area contributed by atoms with Crippen molar-refractivity contribution >= 4 is 23.3 Å². The molecule has 1 amide bonds. The summed E-state index contributed by atoms with van der Waals surface area (Å²) in [4.78, 5) is 32.5. The highest BCUT2D eigenvalue weighted by atomic mass is 35.5. The maximum atomic E-state index is 13.8.